The number of carbonyl (C=O) groups is 1. The van der Waals surface area contributed by atoms with E-state index >= 15 is 0 Å². The van der Waals surface area contributed by atoms with Gasteiger partial charge in [0, 0.05) is 11.1 Å². The Morgan fingerprint density at radius 2 is 2.00 bits per heavy atom. The van der Waals surface area contributed by atoms with Gasteiger partial charge < -0.3 is 10.1 Å². The Balaban J connectivity index is 1.41. The molecule has 1 aromatic carbocycles. The summed E-state index contributed by atoms with van der Waals surface area (Å²) in [6.07, 6.45) is 0.245. The Hall–Kier alpha value is -2.44. The molecular weight excluding hydrogens is 358 g/mol. The average Bonchev–Trinajstić information content (AvgIpc) is 3.16. The van der Waals surface area contributed by atoms with Crippen molar-refractivity contribution in [3.63, 3.8) is 0 Å². The van der Waals surface area contributed by atoms with Crippen molar-refractivity contribution in [3.8, 4) is 16.5 Å². The SMILES string of the molecule is O=C(Cc1ccccc1Cl)NCCOc1ccc(-c2cccs2)nn1. The molecule has 0 radical (unpaired) electrons. The molecule has 1 N–H and O–H groups in total. The number of halogens is 1. The summed E-state index contributed by atoms with van der Waals surface area (Å²) in [6, 6.07) is 14.9. The normalized spacial score (nSPS) is 10.4. The largest absolute Gasteiger partial charge is 0.475 e. The first kappa shape index (κ1) is 17.4. The molecule has 0 aliphatic carbocycles. The maximum absolute atomic E-state index is 11.9. The summed E-state index contributed by atoms with van der Waals surface area (Å²) in [7, 11) is 0. The summed E-state index contributed by atoms with van der Waals surface area (Å²) >= 11 is 7.65. The smallest absolute Gasteiger partial charge is 0.233 e. The molecule has 7 heteroatoms. The van der Waals surface area contributed by atoms with Crippen molar-refractivity contribution in [2.24, 2.45) is 0 Å². The molecule has 3 aromatic rings. The van der Waals surface area contributed by atoms with Gasteiger partial charge in [-0.2, -0.15) is 0 Å². The number of benzene rings is 1. The second-order valence-corrected chi connectivity index (χ2v) is 6.56. The van der Waals surface area contributed by atoms with Gasteiger partial charge in [0.05, 0.1) is 17.8 Å². The van der Waals surface area contributed by atoms with E-state index in [1.807, 2.05) is 41.8 Å². The number of rotatable bonds is 7. The highest BCUT2D eigenvalue weighted by Gasteiger charge is 2.06. The quantitative estimate of drug-likeness (QED) is 0.643. The van der Waals surface area contributed by atoms with Gasteiger partial charge in [0.1, 0.15) is 12.3 Å². The van der Waals surface area contributed by atoms with Crippen molar-refractivity contribution in [1.29, 1.82) is 0 Å². The summed E-state index contributed by atoms with van der Waals surface area (Å²) in [5, 5.41) is 13.5. The number of amides is 1. The number of ether oxygens (including phenoxy) is 1. The fraction of sp³-hybridized carbons (Fsp3) is 0.167. The van der Waals surface area contributed by atoms with E-state index in [9.17, 15) is 4.79 Å². The molecule has 0 fully saturated rings. The van der Waals surface area contributed by atoms with Gasteiger partial charge in [-0.1, -0.05) is 35.9 Å². The van der Waals surface area contributed by atoms with Crippen LogP contribution in [0.25, 0.3) is 10.6 Å². The summed E-state index contributed by atoms with van der Waals surface area (Å²) in [5.41, 5.74) is 1.62. The monoisotopic (exact) mass is 373 g/mol. The third-order valence-corrected chi connectivity index (χ3v) is 4.66. The Bertz CT molecular complexity index is 823. The molecule has 0 atom stereocenters. The molecule has 3 rings (SSSR count). The van der Waals surface area contributed by atoms with Crippen molar-refractivity contribution in [2.45, 2.75) is 6.42 Å². The molecule has 0 saturated heterocycles. The minimum absolute atomic E-state index is 0.101. The summed E-state index contributed by atoms with van der Waals surface area (Å²) < 4.78 is 5.49. The fourth-order valence-electron chi connectivity index (χ4n) is 2.18. The second kappa shape index (κ2) is 8.60. The van der Waals surface area contributed by atoms with Crippen LogP contribution in [0.1, 0.15) is 5.56 Å². The Morgan fingerprint density at radius 1 is 1.12 bits per heavy atom. The van der Waals surface area contributed by atoms with Crippen LogP contribution in [0.5, 0.6) is 5.88 Å². The maximum Gasteiger partial charge on any atom is 0.233 e. The summed E-state index contributed by atoms with van der Waals surface area (Å²) in [6.45, 7) is 0.707. The van der Waals surface area contributed by atoms with E-state index in [4.69, 9.17) is 16.3 Å². The van der Waals surface area contributed by atoms with E-state index in [2.05, 4.69) is 15.5 Å². The summed E-state index contributed by atoms with van der Waals surface area (Å²) in [4.78, 5) is 13.0. The highest BCUT2D eigenvalue weighted by Crippen LogP contribution is 2.22. The van der Waals surface area contributed by atoms with Crippen LogP contribution in [0.2, 0.25) is 5.02 Å². The lowest BCUT2D eigenvalue weighted by atomic mass is 10.1. The maximum atomic E-state index is 11.9. The Morgan fingerprint density at radius 3 is 2.72 bits per heavy atom. The third-order valence-electron chi connectivity index (χ3n) is 3.40. The van der Waals surface area contributed by atoms with Gasteiger partial charge in [0.2, 0.25) is 11.8 Å². The molecule has 2 heterocycles. The number of nitrogens with one attached hydrogen (secondary N) is 1. The van der Waals surface area contributed by atoms with E-state index in [0.717, 1.165) is 16.1 Å². The zero-order valence-corrected chi connectivity index (χ0v) is 14.9. The molecular formula is C18H16ClN3O2S. The van der Waals surface area contributed by atoms with Gasteiger partial charge in [0.25, 0.3) is 0 Å². The predicted molar refractivity (Wildman–Crippen MR) is 99.0 cm³/mol. The Kier molecular flexibility index (Phi) is 5.98. The van der Waals surface area contributed by atoms with E-state index in [1.165, 1.54) is 0 Å². The molecule has 5 nitrogen and oxygen atoms in total. The second-order valence-electron chi connectivity index (χ2n) is 5.20. The van der Waals surface area contributed by atoms with E-state index in [-0.39, 0.29) is 12.3 Å². The van der Waals surface area contributed by atoms with Crippen molar-refractivity contribution in [1.82, 2.24) is 15.5 Å². The standard InChI is InChI=1S/C18H16ClN3O2S/c19-14-5-2-1-4-13(14)12-17(23)20-9-10-24-18-8-7-15(21-22-18)16-6-3-11-25-16/h1-8,11H,9-10,12H2,(H,20,23). The lowest BCUT2D eigenvalue weighted by Gasteiger charge is -2.08. The molecule has 0 aliphatic heterocycles. The minimum Gasteiger partial charge on any atom is -0.475 e. The molecule has 0 aliphatic rings. The first-order valence-corrected chi connectivity index (χ1v) is 8.98. The molecule has 25 heavy (non-hydrogen) atoms. The van der Waals surface area contributed by atoms with Crippen LogP contribution < -0.4 is 10.1 Å². The van der Waals surface area contributed by atoms with Crippen LogP contribution in [0.4, 0.5) is 0 Å². The number of nitrogens with zero attached hydrogens (tertiary/aromatic N) is 2. The molecule has 2 aromatic heterocycles. The highest BCUT2D eigenvalue weighted by atomic mass is 35.5. The molecule has 1 amide bonds. The number of hydrogen-bond donors (Lipinski definition) is 1. The van der Waals surface area contributed by atoms with Crippen LogP contribution in [0.3, 0.4) is 0 Å². The molecule has 0 unspecified atom stereocenters. The van der Waals surface area contributed by atoms with Crippen molar-refractivity contribution >= 4 is 28.8 Å². The van der Waals surface area contributed by atoms with Crippen LogP contribution in [-0.4, -0.2) is 29.3 Å². The highest BCUT2D eigenvalue weighted by molar-refractivity contribution is 7.13. The van der Waals surface area contributed by atoms with E-state index < -0.39 is 0 Å². The van der Waals surface area contributed by atoms with Crippen molar-refractivity contribution in [3.05, 3.63) is 64.5 Å². The van der Waals surface area contributed by atoms with Gasteiger partial charge in [-0.15, -0.1) is 21.5 Å². The zero-order valence-electron chi connectivity index (χ0n) is 13.3. The predicted octanol–water partition coefficient (Wildman–Crippen LogP) is 3.60. The number of aromatic nitrogens is 2. The lowest BCUT2D eigenvalue weighted by Crippen LogP contribution is -2.29. The zero-order chi connectivity index (χ0) is 17.5. The van der Waals surface area contributed by atoms with Crippen molar-refractivity contribution < 1.29 is 9.53 Å². The van der Waals surface area contributed by atoms with Crippen LogP contribution in [-0.2, 0) is 11.2 Å². The molecule has 0 bridgehead atoms. The topological polar surface area (TPSA) is 64.1 Å². The van der Waals surface area contributed by atoms with Crippen molar-refractivity contribution in [2.75, 3.05) is 13.2 Å². The van der Waals surface area contributed by atoms with Gasteiger partial charge in [-0.25, -0.2) is 0 Å². The number of thiophene rings is 1. The van der Waals surface area contributed by atoms with E-state index in [1.54, 1.807) is 23.5 Å². The molecule has 0 spiro atoms. The minimum atomic E-state index is -0.101. The molecule has 0 saturated carbocycles. The van der Waals surface area contributed by atoms with Gasteiger partial charge in [-0.05, 0) is 29.1 Å². The first-order valence-electron chi connectivity index (χ1n) is 7.73. The Labute approximate surface area is 154 Å². The summed E-state index contributed by atoms with van der Waals surface area (Å²) in [5.74, 6) is 0.330. The third kappa shape index (κ3) is 5.01. The van der Waals surface area contributed by atoms with Crippen LogP contribution >= 0.6 is 22.9 Å². The van der Waals surface area contributed by atoms with Crippen LogP contribution in [0.15, 0.2) is 53.9 Å². The lowest BCUT2D eigenvalue weighted by molar-refractivity contribution is -0.120. The number of carbonyl (C=O) groups excluding carboxylic acids is 1. The number of hydrogen-bond acceptors (Lipinski definition) is 5. The average molecular weight is 374 g/mol. The van der Waals surface area contributed by atoms with Crippen LogP contribution in [0, 0.1) is 0 Å². The van der Waals surface area contributed by atoms with Gasteiger partial charge in [0.15, 0.2) is 0 Å². The first-order chi connectivity index (χ1) is 12.2. The van der Waals surface area contributed by atoms with E-state index in [0.29, 0.717) is 24.1 Å². The van der Waals surface area contributed by atoms with Gasteiger partial charge in [-0.3, -0.25) is 4.79 Å². The fourth-order valence-corrected chi connectivity index (χ4v) is 3.07. The molecule has 128 valence electrons. The van der Waals surface area contributed by atoms with Gasteiger partial charge >= 0.3 is 0 Å².